The van der Waals surface area contributed by atoms with Gasteiger partial charge in [-0.3, -0.25) is 0 Å². The fraction of sp³-hybridized carbons (Fsp3) is 1.00. The Balaban J connectivity index is 2.51. The molecular formula is C12H25NO3. The second-order valence-corrected chi connectivity index (χ2v) is 4.30. The highest BCUT2D eigenvalue weighted by molar-refractivity contribution is 4.94. The van der Waals surface area contributed by atoms with Gasteiger partial charge >= 0.3 is 0 Å². The molecule has 4 heteroatoms. The van der Waals surface area contributed by atoms with Crippen molar-refractivity contribution in [3.63, 3.8) is 0 Å². The summed E-state index contributed by atoms with van der Waals surface area (Å²) in [5.74, 6) is 0. The maximum absolute atomic E-state index is 5.74. The third kappa shape index (κ3) is 3.42. The van der Waals surface area contributed by atoms with Crippen molar-refractivity contribution in [2.45, 2.75) is 37.8 Å². The van der Waals surface area contributed by atoms with Gasteiger partial charge in [-0.1, -0.05) is 6.92 Å². The zero-order chi connectivity index (χ0) is 11.9. The minimum atomic E-state index is -0.124. The third-order valence-electron chi connectivity index (χ3n) is 3.36. The lowest BCUT2D eigenvalue weighted by Crippen LogP contribution is -2.56. The lowest BCUT2D eigenvalue weighted by atomic mass is 9.86. The van der Waals surface area contributed by atoms with E-state index in [4.69, 9.17) is 14.2 Å². The molecule has 1 fully saturated rings. The standard InChI is InChI=1S/C12H25NO3/c1-4-7-16-10-11(13-2)12(14-3)5-8-15-9-6-12/h11,13H,4-10H2,1-3H3. The lowest BCUT2D eigenvalue weighted by molar-refractivity contribution is -0.121. The Morgan fingerprint density at radius 1 is 1.38 bits per heavy atom. The Kier molecular flexibility index (Phi) is 6.28. The first-order valence-electron chi connectivity index (χ1n) is 6.17. The summed E-state index contributed by atoms with van der Waals surface area (Å²) in [4.78, 5) is 0. The van der Waals surface area contributed by atoms with Gasteiger partial charge < -0.3 is 19.5 Å². The highest BCUT2D eigenvalue weighted by Gasteiger charge is 2.39. The monoisotopic (exact) mass is 231 g/mol. The van der Waals surface area contributed by atoms with E-state index >= 15 is 0 Å². The van der Waals surface area contributed by atoms with Crippen LogP contribution in [0.4, 0.5) is 0 Å². The van der Waals surface area contributed by atoms with Gasteiger partial charge in [0.2, 0.25) is 0 Å². The maximum atomic E-state index is 5.74. The van der Waals surface area contributed by atoms with Crippen molar-refractivity contribution in [2.75, 3.05) is 40.6 Å². The van der Waals surface area contributed by atoms with Gasteiger partial charge in [0.25, 0.3) is 0 Å². The molecule has 1 unspecified atom stereocenters. The predicted octanol–water partition coefficient (Wildman–Crippen LogP) is 1.20. The molecule has 0 radical (unpaired) electrons. The van der Waals surface area contributed by atoms with Crippen molar-refractivity contribution in [1.82, 2.24) is 5.32 Å². The quantitative estimate of drug-likeness (QED) is 0.668. The summed E-state index contributed by atoms with van der Waals surface area (Å²) in [7, 11) is 3.76. The Morgan fingerprint density at radius 2 is 2.06 bits per heavy atom. The molecule has 0 amide bonds. The van der Waals surface area contributed by atoms with Gasteiger partial charge in [0.05, 0.1) is 18.2 Å². The summed E-state index contributed by atoms with van der Waals surface area (Å²) in [6, 6.07) is 0.243. The summed E-state index contributed by atoms with van der Waals surface area (Å²) >= 11 is 0. The number of methoxy groups -OCH3 is 1. The second-order valence-electron chi connectivity index (χ2n) is 4.30. The predicted molar refractivity (Wildman–Crippen MR) is 63.8 cm³/mol. The van der Waals surface area contributed by atoms with Crippen LogP contribution in [-0.2, 0) is 14.2 Å². The van der Waals surface area contributed by atoms with Crippen LogP contribution in [-0.4, -0.2) is 52.2 Å². The number of rotatable bonds is 7. The Morgan fingerprint density at radius 3 is 2.56 bits per heavy atom. The number of hydrogen-bond donors (Lipinski definition) is 1. The largest absolute Gasteiger partial charge is 0.381 e. The average molecular weight is 231 g/mol. The topological polar surface area (TPSA) is 39.7 Å². The summed E-state index contributed by atoms with van der Waals surface area (Å²) < 4.78 is 16.8. The fourth-order valence-electron chi connectivity index (χ4n) is 2.26. The minimum absolute atomic E-state index is 0.124. The van der Waals surface area contributed by atoms with Crippen LogP contribution in [0.15, 0.2) is 0 Å². The molecule has 0 aromatic rings. The van der Waals surface area contributed by atoms with E-state index in [9.17, 15) is 0 Å². The van der Waals surface area contributed by atoms with Crippen molar-refractivity contribution in [2.24, 2.45) is 0 Å². The molecule has 0 aromatic heterocycles. The summed E-state index contributed by atoms with van der Waals surface area (Å²) in [5, 5.41) is 3.32. The van der Waals surface area contributed by atoms with E-state index in [1.165, 1.54) is 0 Å². The number of ether oxygens (including phenoxy) is 3. The van der Waals surface area contributed by atoms with Crippen molar-refractivity contribution >= 4 is 0 Å². The highest BCUT2D eigenvalue weighted by atomic mass is 16.5. The van der Waals surface area contributed by atoms with Crippen LogP contribution in [0.3, 0.4) is 0 Å². The normalized spacial score (nSPS) is 21.9. The Bertz CT molecular complexity index is 181. The van der Waals surface area contributed by atoms with E-state index in [2.05, 4.69) is 12.2 Å². The molecule has 16 heavy (non-hydrogen) atoms. The molecule has 0 aliphatic carbocycles. The maximum Gasteiger partial charge on any atom is 0.0897 e. The van der Waals surface area contributed by atoms with E-state index in [0.29, 0.717) is 6.61 Å². The van der Waals surface area contributed by atoms with Crippen LogP contribution in [0, 0.1) is 0 Å². The smallest absolute Gasteiger partial charge is 0.0897 e. The molecule has 0 aromatic carbocycles. The van der Waals surface area contributed by atoms with Crippen molar-refractivity contribution < 1.29 is 14.2 Å². The molecule has 1 atom stereocenters. The molecule has 1 aliphatic heterocycles. The lowest BCUT2D eigenvalue weighted by Gasteiger charge is -2.42. The molecular weight excluding hydrogens is 206 g/mol. The fourth-order valence-corrected chi connectivity index (χ4v) is 2.26. The van der Waals surface area contributed by atoms with Crippen LogP contribution in [0.5, 0.6) is 0 Å². The van der Waals surface area contributed by atoms with Gasteiger partial charge in [0.15, 0.2) is 0 Å². The zero-order valence-electron chi connectivity index (χ0n) is 10.8. The van der Waals surface area contributed by atoms with E-state index in [-0.39, 0.29) is 11.6 Å². The first-order chi connectivity index (χ1) is 7.79. The Hall–Kier alpha value is -0.160. The molecule has 1 heterocycles. The van der Waals surface area contributed by atoms with Crippen LogP contribution in [0.25, 0.3) is 0 Å². The van der Waals surface area contributed by atoms with Crippen molar-refractivity contribution in [1.29, 1.82) is 0 Å². The molecule has 0 bridgehead atoms. The van der Waals surface area contributed by atoms with Gasteiger partial charge in [-0.2, -0.15) is 0 Å². The summed E-state index contributed by atoms with van der Waals surface area (Å²) in [5.41, 5.74) is -0.124. The molecule has 4 nitrogen and oxygen atoms in total. The second kappa shape index (κ2) is 7.22. The molecule has 0 spiro atoms. The van der Waals surface area contributed by atoms with Crippen LogP contribution in [0.2, 0.25) is 0 Å². The molecule has 1 N–H and O–H groups in total. The van der Waals surface area contributed by atoms with E-state index < -0.39 is 0 Å². The van der Waals surface area contributed by atoms with E-state index in [1.54, 1.807) is 7.11 Å². The first kappa shape index (κ1) is 13.9. The van der Waals surface area contributed by atoms with Gasteiger partial charge in [-0.15, -0.1) is 0 Å². The number of nitrogens with one attached hydrogen (secondary N) is 1. The zero-order valence-corrected chi connectivity index (χ0v) is 10.8. The molecule has 1 aliphatic rings. The number of likely N-dealkylation sites (N-methyl/N-ethyl adjacent to an activating group) is 1. The summed E-state index contributed by atoms with van der Waals surface area (Å²) in [6.07, 6.45) is 2.93. The first-order valence-corrected chi connectivity index (χ1v) is 6.17. The van der Waals surface area contributed by atoms with Crippen LogP contribution in [0.1, 0.15) is 26.2 Å². The molecule has 96 valence electrons. The van der Waals surface area contributed by atoms with Gasteiger partial charge in [-0.25, -0.2) is 0 Å². The van der Waals surface area contributed by atoms with Crippen molar-refractivity contribution in [3.8, 4) is 0 Å². The van der Waals surface area contributed by atoms with Gasteiger partial charge in [0.1, 0.15) is 0 Å². The van der Waals surface area contributed by atoms with Crippen LogP contribution >= 0.6 is 0 Å². The highest BCUT2D eigenvalue weighted by Crippen LogP contribution is 2.28. The minimum Gasteiger partial charge on any atom is -0.381 e. The molecule has 0 saturated carbocycles. The third-order valence-corrected chi connectivity index (χ3v) is 3.36. The summed E-state index contributed by atoms with van der Waals surface area (Å²) in [6.45, 7) is 5.20. The van der Waals surface area contributed by atoms with E-state index in [0.717, 1.165) is 39.1 Å². The van der Waals surface area contributed by atoms with Crippen molar-refractivity contribution in [3.05, 3.63) is 0 Å². The van der Waals surface area contributed by atoms with E-state index in [1.807, 2.05) is 7.05 Å². The molecule has 1 saturated heterocycles. The van der Waals surface area contributed by atoms with Crippen LogP contribution < -0.4 is 5.32 Å². The van der Waals surface area contributed by atoms with Gasteiger partial charge in [0, 0.05) is 39.8 Å². The SMILES string of the molecule is CCCOCC(NC)C1(OC)CCOCC1. The molecule has 1 rings (SSSR count). The van der Waals surface area contributed by atoms with Gasteiger partial charge in [-0.05, 0) is 13.5 Å². The average Bonchev–Trinajstić information content (AvgIpc) is 2.35. The number of hydrogen-bond acceptors (Lipinski definition) is 4. The Labute approximate surface area is 98.6 Å².